The third-order valence-corrected chi connectivity index (χ3v) is 2.67. The van der Waals surface area contributed by atoms with Crippen molar-refractivity contribution in [2.45, 2.75) is 0 Å². The van der Waals surface area contributed by atoms with E-state index in [0.717, 1.165) is 0 Å². The van der Waals surface area contributed by atoms with E-state index in [0.29, 0.717) is 17.3 Å². The summed E-state index contributed by atoms with van der Waals surface area (Å²) in [5.41, 5.74) is 6.04. The Labute approximate surface area is 107 Å². The van der Waals surface area contributed by atoms with E-state index >= 15 is 0 Å². The van der Waals surface area contributed by atoms with Gasteiger partial charge >= 0.3 is 0 Å². The molecule has 1 aromatic carbocycles. The molecular formula is C12H10FN5O. The van der Waals surface area contributed by atoms with Gasteiger partial charge in [0.05, 0.1) is 5.56 Å². The van der Waals surface area contributed by atoms with E-state index in [9.17, 15) is 4.39 Å². The summed E-state index contributed by atoms with van der Waals surface area (Å²) in [6.45, 7) is 0. The number of nitrogens with two attached hydrogens (primary N) is 1. The average molecular weight is 259 g/mol. The van der Waals surface area contributed by atoms with Gasteiger partial charge in [0, 0.05) is 25.1 Å². The zero-order valence-corrected chi connectivity index (χ0v) is 10.0. The van der Waals surface area contributed by atoms with Gasteiger partial charge < -0.3 is 14.8 Å². The molecule has 19 heavy (non-hydrogen) atoms. The molecule has 0 aliphatic heterocycles. The second-order valence-electron chi connectivity index (χ2n) is 4.02. The maximum absolute atomic E-state index is 13.7. The molecule has 96 valence electrons. The molecule has 0 saturated carbocycles. The second kappa shape index (κ2) is 4.20. The SMILES string of the molecule is Cn1ccnc1-c1noc(-c2ccc(N)cc2F)n1. The number of rotatable bonds is 2. The predicted octanol–water partition coefficient (Wildman–Crippen LogP) is 1.86. The Balaban J connectivity index is 2.04. The van der Waals surface area contributed by atoms with Gasteiger partial charge in [0.15, 0.2) is 5.82 Å². The molecule has 0 saturated heterocycles. The lowest BCUT2D eigenvalue weighted by molar-refractivity contribution is 0.429. The summed E-state index contributed by atoms with van der Waals surface area (Å²) in [5, 5.41) is 3.79. The summed E-state index contributed by atoms with van der Waals surface area (Å²) in [6, 6.07) is 4.28. The molecule has 0 bridgehead atoms. The minimum absolute atomic E-state index is 0.0931. The molecule has 3 aromatic rings. The largest absolute Gasteiger partial charge is 0.399 e. The van der Waals surface area contributed by atoms with Crippen LogP contribution >= 0.6 is 0 Å². The molecule has 0 amide bonds. The van der Waals surface area contributed by atoms with Crippen molar-refractivity contribution in [3.8, 4) is 23.1 Å². The van der Waals surface area contributed by atoms with Crippen LogP contribution < -0.4 is 5.73 Å². The fourth-order valence-corrected chi connectivity index (χ4v) is 1.71. The smallest absolute Gasteiger partial charge is 0.261 e. The van der Waals surface area contributed by atoms with Gasteiger partial charge in [0.25, 0.3) is 5.89 Å². The number of hydrogen-bond acceptors (Lipinski definition) is 5. The van der Waals surface area contributed by atoms with Crippen LogP contribution in [0, 0.1) is 5.82 Å². The number of nitrogens with zero attached hydrogens (tertiary/aromatic N) is 4. The number of halogens is 1. The van der Waals surface area contributed by atoms with Gasteiger partial charge in [-0.1, -0.05) is 5.16 Å². The zero-order chi connectivity index (χ0) is 13.4. The molecular weight excluding hydrogens is 249 g/mol. The first kappa shape index (κ1) is 11.4. The standard InChI is InChI=1S/C12H10FN5O/c1-18-5-4-15-11(18)10-16-12(19-17-10)8-3-2-7(14)6-9(8)13/h2-6H,14H2,1H3. The second-order valence-corrected chi connectivity index (χ2v) is 4.02. The van der Waals surface area contributed by atoms with E-state index in [1.807, 2.05) is 7.05 Å². The normalized spacial score (nSPS) is 10.8. The van der Waals surface area contributed by atoms with E-state index in [-0.39, 0.29) is 11.5 Å². The van der Waals surface area contributed by atoms with E-state index < -0.39 is 5.82 Å². The van der Waals surface area contributed by atoms with E-state index in [1.165, 1.54) is 12.1 Å². The highest BCUT2D eigenvalue weighted by Crippen LogP contribution is 2.24. The first-order valence-corrected chi connectivity index (χ1v) is 5.52. The molecule has 2 aromatic heterocycles. The molecule has 2 N–H and O–H groups in total. The molecule has 7 heteroatoms. The molecule has 2 heterocycles. The first-order chi connectivity index (χ1) is 9.15. The quantitative estimate of drug-likeness (QED) is 0.710. The number of hydrogen-bond donors (Lipinski definition) is 1. The van der Waals surface area contributed by atoms with Crippen LogP contribution in [0.1, 0.15) is 0 Å². The minimum Gasteiger partial charge on any atom is -0.399 e. The van der Waals surface area contributed by atoms with Crippen molar-refractivity contribution < 1.29 is 8.91 Å². The zero-order valence-electron chi connectivity index (χ0n) is 10.0. The van der Waals surface area contributed by atoms with Crippen molar-refractivity contribution in [2.75, 3.05) is 5.73 Å². The summed E-state index contributed by atoms with van der Waals surface area (Å²) in [6.07, 6.45) is 3.38. The molecule has 6 nitrogen and oxygen atoms in total. The molecule has 0 spiro atoms. The van der Waals surface area contributed by atoms with Crippen molar-refractivity contribution in [1.82, 2.24) is 19.7 Å². The number of anilines is 1. The molecule has 0 radical (unpaired) electrons. The van der Waals surface area contributed by atoms with Crippen LogP contribution in [-0.2, 0) is 7.05 Å². The van der Waals surface area contributed by atoms with Crippen LogP contribution in [0.4, 0.5) is 10.1 Å². The van der Waals surface area contributed by atoms with Gasteiger partial charge in [0.1, 0.15) is 5.82 Å². The maximum Gasteiger partial charge on any atom is 0.261 e. The van der Waals surface area contributed by atoms with Gasteiger partial charge in [-0.15, -0.1) is 0 Å². The Hall–Kier alpha value is -2.70. The lowest BCUT2D eigenvalue weighted by Crippen LogP contribution is -1.93. The molecule has 0 unspecified atom stereocenters. The topological polar surface area (TPSA) is 82.8 Å². The molecule has 3 rings (SSSR count). The van der Waals surface area contributed by atoms with Gasteiger partial charge in [0.2, 0.25) is 5.82 Å². The number of imidazole rings is 1. The van der Waals surface area contributed by atoms with Crippen LogP contribution in [0.3, 0.4) is 0 Å². The number of aryl methyl sites for hydroxylation is 1. The summed E-state index contributed by atoms with van der Waals surface area (Å²) in [5.74, 6) is 0.440. The Morgan fingerprint density at radius 1 is 1.37 bits per heavy atom. The van der Waals surface area contributed by atoms with Crippen molar-refractivity contribution >= 4 is 5.69 Å². The highest BCUT2D eigenvalue weighted by Gasteiger charge is 2.16. The van der Waals surface area contributed by atoms with Crippen LogP contribution in [0.5, 0.6) is 0 Å². The van der Waals surface area contributed by atoms with E-state index in [1.54, 1.807) is 23.0 Å². The van der Waals surface area contributed by atoms with Crippen LogP contribution in [-0.4, -0.2) is 19.7 Å². The van der Waals surface area contributed by atoms with Crippen LogP contribution in [0.2, 0.25) is 0 Å². The lowest BCUT2D eigenvalue weighted by atomic mass is 10.2. The van der Waals surface area contributed by atoms with Crippen molar-refractivity contribution in [3.05, 3.63) is 36.4 Å². The summed E-state index contributed by atoms with van der Waals surface area (Å²) in [7, 11) is 1.81. The van der Waals surface area contributed by atoms with Crippen molar-refractivity contribution in [2.24, 2.45) is 7.05 Å². The van der Waals surface area contributed by atoms with Crippen molar-refractivity contribution in [1.29, 1.82) is 0 Å². The van der Waals surface area contributed by atoms with Crippen LogP contribution in [0.25, 0.3) is 23.1 Å². The Morgan fingerprint density at radius 2 is 2.21 bits per heavy atom. The fraction of sp³-hybridized carbons (Fsp3) is 0.0833. The Morgan fingerprint density at radius 3 is 2.89 bits per heavy atom. The predicted molar refractivity (Wildman–Crippen MR) is 66.3 cm³/mol. The summed E-state index contributed by atoms with van der Waals surface area (Å²) >= 11 is 0. The fourth-order valence-electron chi connectivity index (χ4n) is 1.71. The Kier molecular flexibility index (Phi) is 2.52. The third kappa shape index (κ3) is 1.95. The number of aromatic nitrogens is 4. The minimum atomic E-state index is -0.505. The number of benzene rings is 1. The molecule has 0 atom stereocenters. The van der Waals surface area contributed by atoms with E-state index in [4.69, 9.17) is 10.3 Å². The average Bonchev–Trinajstić information content (AvgIpc) is 2.97. The highest BCUT2D eigenvalue weighted by atomic mass is 19.1. The third-order valence-electron chi connectivity index (χ3n) is 2.67. The molecule has 0 aliphatic rings. The van der Waals surface area contributed by atoms with Crippen LogP contribution in [0.15, 0.2) is 35.1 Å². The van der Waals surface area contributed by atoms with Gasteiger partial charge in [-0.2, -0.15) is 4.98 Å². The van der Waals surface area contributed by atoms with Gasteiger partial charge in [-0.05, 0) is 18.2 Å². The van der Waals surface area contributed by atoms with E-state index in [2.05, 4.69) is 15.1 Å². The highest BCUT2D eigenvalue weighted by molar-refractivity contribution is 5.60. The first-order valence-electron chi connectivity index (χ1n) is 5.52. The van der Waals surface area contributed by atoms with Gasteiger partial charge in [-0.25, -0.2) is 9.37 Å². The monoisotopic (exact) mass is 259 g/mol. The summed E-state index contributed by atoms with van der Waals surface area (Å²) < 4.78 is 20.5. The van der Waals surface area contributed by atoms with Crippen molar-refractivity contribution in [3.63, 3.8) is 0 Å². The maximum atomic E-state index is 13.7. The lowest BCUT2D eigenvalue weighted by Gasteiger charge is -1.98. The Bertz CT molecular complexity index is 733. The molecule has 0 fully saturated rings. The summed E-state index contributed by atoms with van der Waals surface area (Å²) in [4.78, 5) is 8.23. The number of nitrogen functional groups attached to an aromatic ring is 1. The molecule has 0 aliphatic carbocycles. The van der Waals surface area contributed by atoms with Gasteiger partial charge in [-0.3, -0.25) is 0 Å².